The largest absolute Gasteiger partial charge is 0.340 e. The lowest BCUT2D eigenvalue weighted by molar-refractivity contribution is -0.138. The molecule has 2 saturated heterocycles. The SMILES string of the molecule is CC(CN)C(=O)N1CCN2CCCCC2C1.Cl.Cl. The van der Waals surface area contributed by atoms with E-state index in [0.717, 1.165) is 19.6 Å². The molecule has 0 saturated carbocycles. The van der Waals surface area contributed by atoms with Gasteiger partial charge in [0.2, 0.25) is 5.91 Å². The second-order valence-corrected chi connectivity index (χ2v) is 5.11. The summed E-state index contributed by atoms with van der Waals surface area (Å²) in [5, 5.41) is 0. The monoisotopic (exact) mass is 297 g/mol. The van der Waals surface area contributed by atoms with Crippen LogP contribution in [0.3, 0.4) is 0 Å². The molecule has 0 aromatic heterocycles. The van der Waals surface area contributed by atoms with Crippen LogP contribution in [-0.4, -0.2) is 54.5 Å². The zero-order valence-corrected chi connectivity index (χ0v) is 12.6. The molecule has 0 aliphatic carbocycles. The minimum absolute atomic E-state index is 0. The lowest BCUT2D eigenvalue weighted by atomic mass is 9.98. The summed E-state index contributed by atoms with van der Waals surface area (Å²) in [6.07, 6.45) is 3.89. The van der Waals surface area contributed by atoms with Crippen LogP contribution < -0.4 is 5.73 Å². The third-order valence-electron chi connectivity index (χ3n) is 3.92. The first-order chi connectivity index (χ1) is 7.72. The Hall–Kier alpha value is -0.0300. The highest BCUT2D eigenvalue weighted by molar-refractivity contribution is 5.85. The topological polar surface area (TPSA) is 49.6 Å². The summed E-state index contributed by atoms with van der Waals surface area (Å²) in [7, 11) is 0. The number of hydrogen-bond donors (Lipinski definition) is 1. The maximum absolute atomic E-state index is 12.0. The molecule has 0 aromatic rings. The van der Waals surface area contributed by atoms with Crippen molar-refractivity contribution in [2.45, 2.75) is 32.2 Å². The summed E-state index contributed by atoms with van der Waals surface area (Å²) < 4.78 is 0. The molecule has 4 nitrogen and oxygen atoms in total. The molecule has 0 spiro atoms. The van der Waals surface area contributed by atoms with Crippen molar-refractivity contribution in [2.75, 3.05) is 32.7 Å². The van der Waals surface area contributed by atoms with E-state index in [2.05, 4.69) is 4.90 Å². The third kappa shape index (κ3) is 3.98. The third-order valence-corrected chi connectivity index (χ3v) is 3.92. The number of rotatable bonds is 2. The summed E-state index contributed by atoms with van der Waals surface area (Å²) in [4.78, 5) is 16.6. The van der Waals surface area contributed by atoms with Crippen LogP contribution in [0.25, 0.3) is 0 Å². The molecule has 18 heavy (non-hydrogen) atoms. The lowest BCUT2D eigenvalue weighted by Crippen LogP contribution is -2.57. The molecular formula is C12H25Cl2N3O. The van der Waals surface area contributed by atoms with Gasteiger partial charge in [-0.3, -0.25) is 9.69 Å². The van der Waals surface area contributed by atoms with E-state index in [4.69, 9.17) is 5.73 Å². The molecule has 2 N–H and O–H groups in total. The summed E-state index contributed by atoms with van der Waals surface area (Å²) >= 11 is 0. The Balaban J connectivity index is 0.00000144. The average Bonchev–Trinajstić information content (AvgIpc) is 2.36. The van der Waals surface area contributed by atoms with Gasteiger partial charge >= 0.3 is 0 Å². The molecule has 2 aliphatic rings. The van der Waals surface area contributed by atoms with Crippen LogP contribution in [0.2, 0.25) is 0 Å². The van der Waals surface area contributed by atoms with Crippen molar-refractivity contribution in [3.8, 4) is 0 Å². The number of carbonyl (C=O) groups excluding carboxylic acids is 1. The molecule has 2 heterocycles. The van der Waals surface area contributed by atoms with Gasteiger partial charge in [-0.1, -0.05) is 13.3 Å². The molecule has 0 bridgehead atoms. The van der Waals surface area contributed by atoms with Crippen LogP contribution in [0.15, 0.2) is 0 Å². The zero-order chi connectivity index (χ0) is 11.5. The Morgan fingerprint density at radius 2 is 2.00 bits per heavy atom. The van der Waals surface area contributed by atoms with Crippen molar-refractivity contribution in [1.82, 2.24) is 9.80 Å². The van der Waals surface area contributed by atoms with E-state index in [-0.39, 0.29) is 36.6 Å². The van der Waals surface area contributed by atoms with Crippen molar-refractivity contribution < 1.29 is 4.79 Å². The highest BCUT2D eigenvalue weighted by Gasteiger charge is 2.31. The van der Waals surface area contributed by atoms with Gasteiger partial charge < -0.3 is 10.6 Å². The van der Waals surface area contributed by atoms with Gasteiger partial charge in [0.1, 0.15) is 0 Å². The molecule has 2 aliphatic heterocycles. The van der Waals surface area contributed by atoms with Crippen molar-refractivity contribution in [2.24, 2.45) is 11.7 Å². The van der Waals surface area contributed by atoms with Crippen molar-refractivity contribution in [1.29, 1.82) is 0 Å². The second kappa shape index (κ2) is 8.20. The zero-order valence-electron chi connectivity index (χ0n) is 11.0. The quantitative estimate of drug-likeness (QED) is 0.831. The molecule has 2 fully saturated rings. The fourth-order valence-corrected chi connectivity index (χ4v) is 2.77. The van der Waals surface area contributed by atoms with E-state index in [0.29, 0.717) is 12.6 Å². The van der Waals surface area contributed by atoms with E-state index in [1.807, 2.05) is 11.8 Å². The van der Waals surface area contributed by atoms with Crippen LogP contribution in [0.5, 0.6) is 0 Å². The van der Waals surface area contributed by atoms with Gasteiger partial charge in [-0.25, -0.2) is 0 Å². The number of nitrogens with two attached hydrogens (primary N) is 1. The summed E-state index contributed by atoms with van der Waals surface area (Å²) in [5.74, 6) is 0.225. The predicted octanol–water partition coefficient (Wildman–Crippen LogP) is 1.12. The maximum Gasteiger partial charge on any atom is 0.226 e. The Morgan fingerprint density at radius 1 is 1.28 bits per heavy atom. The van der Waals surface area contributed by atoms with Crippen molar-refractivity contribution in [3.63, 3.8) is 0 Å². The summed E-state index contributed by atoms with van der Waals surface area (Å²) in [6.45, 7) is 6.47. The molecule has 0 aromatic carbocycles. The van der Waals surface area contributed by atoms with Crippen LogP contribution in [0, 0.1) is 5.92 Å². The number of carbonyl (C=O) groups is 1. The Bertz CT molecular complexity index is 266. The van der Waals surface area contributed by atoms with Crippen molar-refractivity contribution >= 4 is 30.7 Å². The van der Waals surface area contributed by atoms with Gasteiger partial charge in [0.05, 0.1) is 0 Å². The predicted molar refractivity (Wildman–Crippen MR) is 78.5 cm³/mol. The Labute approximate surface area is 122 Å². The molecule has 1 amide bonds. The fraction of sp³-hybridized carbons (Fsp3) is 0.917. The number of hydrogen-bond acceptors (Lipinski definition) is 3. The van der Waals surface area contributed by atoms with E-state index in [1.54, 1.807) is 0 Å². The van der Waals surface area contributed by atoms with Crippen LogP contribution in [0.1, 0.15) is 26.2 Å². The first-order valence-electron chi connectivity index (χ1n) is 6.45. The highest BCUT2D eigenvalue weighted by atomic mass is 35.5. The van der Waals surface area contributed by atoms with Crippen LogP contribution in [-0.2, 0) is 4.79 Å². The number of amides is 1. The van der Waals surface area contributed by atoms with E-state index < -0.39 is 0 Å². The first-order valence-corrected chi connectivity index (χ1v) is 6.45. The molecule has 2 atom stereocenters. The standard InChI is InChI=1S/C12H23N3O.2ClH/c1-10(8-13)12(16)15-7-6-14-5-3-2-4-11(14)9-15;;/h10-11H,2-9,13H2,1H3;2*1H. The number of nitrogens with zero attached hydrogens (tertiary/aromatic N) is 2. The number of halogens is 2. The van der Waals surface area contributed by atoms with Gasteiger partial charge in [-0.05, 0) is 19.4 Å². The average molecular weight is 298 g/mol. The minimum atomic E-state index is -0.0184. The summed E-state index contributed by atoms with van der Waals surface area (Å²) in [5.41, 5.74) is 5.55. The van der Waals surface area contributed by atoms with Crippen LogP contribution >= 0.6 is 24.8 Å². The molecule has 2 rings (SSSR count). The Morgan fingerprint density at radius 3 is 2.67 bits per heavy atom. The number of piperidine rings is 1. The van der Waals surface area contributed by atoms with Gasteiger partial charge in [0, 0.05) is 38.1 Å². The second-order valence-electron chi connectivity index (χ2n) is 5.11. The lowest BCUT2D eigenvalue weighted by Gasteiger charge is -2.44. The van der Waals surface area contributed by atoms with E-state index >= 15 is 0 Å². The minimum Gasteiger partial charge on any atom is -0.340 e. The van der Waals surface area contributed by atoms with Gasteiger partial charge in [-0.2, -0.15) is 0 Å². The molecule has 2 unspecified atom stereocenters. The summed E-state index contributed by atoms with van der Waals surface area (Å²) in [6, 6.07) is 0.608. The van der Waals surface area contributed by atoms with Gasteiger partial charge in [0.25, 0.3) is 0 Å². The maximum atomic E-state index is 12.0. The molecule has 108 valence electrons. The normalized spacial score (nSPS) is 25.4. The van der Waals surface area contributed by atoms with Crippen molar-refractivity contribution in [3.05, 3.63) is 0 Å². The first kappa shape index (κ1) is 18.0. The molecule has 0 radical (unpaired) electrons. The van der Waals surface area contributed by atoms with E-state index in [1.165, 1.54) is 25.8 Å². The number of piperazine rings is 1. The number of fused-ring (bicyclic) bond motifs is 1. The van der Waals surface area contributed by atoms with E-state index in [9.17, 15) is 4.79 Å². The molecular weight excluding hydrogens is 273 g/mol. The fourth-order valence-electron chi connectivity index (χ4n) is 2.77. The highest BCUT2D eigenvalue weighted by Crippen LogP contribution is 2.21. The Kier molecular flexibility index (Phi) is 8.19. The smallest absolute Gasteiger partial charge is 0.226 e. The molecule has 6 heteroatoms. The van der Waals surface area contributed by atoms with Crippen LogP contribution in [0.4, 0.5) is 0 Å². The van der Waals surface area contributed by atoms with Gasteiger partial charge in [-0.15, -0.1) is 24.8 Å². The van der Waals surface area contributed by atoms with Gasteiger partial charge in [0.15, 0.2) is 0 Å².